The third kappa shape index (κ3) is 2.38. The highest BCUT2D eigenvalue weighted by atomic mass is 79.9. The van der Waals surface area contributed by atoms with Crippen LogP contribution in [0.4, 0.5) is 4.39 Å². The Morgan fingerprint density at radius 1 is 1.53 bits per heavy atom. The molecule has 82 valence electrons. The summed E-state index contributed by atoms with van der Waals surface area (Å²) in [6.07, 6.45) is 0. The highest BCUT2D eigenvalue weighted by Gasteiger charge is 2.22. The van der Waals surface area contributed by atoms with Crippen molar-refractivity contribution >= 4 is 15.9 Å². The number of nitrogens with zero attached hydrogens (tertiary/aromatic N) is 1. The molecular formula is C11H14BrFN2. The molecule has 4 heteroatoms. The molecule has 1 saturated heterocycles. The maximum Gasteiger partial charge on any atom is 0.129 e. The number of benzene rings is 1. The molecular weight excluding hydrogens is 259 g/mol. The minimum Gasteiger partial charge on any atom is -0.314 e. The molecule has 1 aliphatic rings. The summed E-state index contributed by atoms with van der Waals surface area (Å²) in [6, 6.07) is 5.42. The second-order valence-corrected chi connectivity index (χ2v) is 4.78. The first-order valence-electron chi connectivity index (χ1n) is 5.04. The van der Waals surface area contributed by atoms with Gasteiger partial charge in [0.15, 0.2) is 0 Å². The van der Waals surface area contributed by atoms with Crippen molar-refractivity contribution in [3.8, 4) is 0 Å². The summed E-state index contributed by atoms with van der Waals surface area (Å²) in [5.74, 6) is -0.134. The van der Waals surface area contributed by atoms with Gasteiger partial charge in [-0.3, -0.25) is 4.90 Å². The molecule has 0 aromatic heterocycles. The van der Waals surface area contributed by atoms with Gasteiger partial charge in [0.25, 0.3) is 0 Å². The van der Waals surface area contributed by atoms with E-state index in [1.807, 2.05) is 19.2 Å². The van der Waals surface area contributed by atoms with Crippen LogP contribution in [0, 0.1) is 5.82 Å². The zero-order valence-corrected chi connectivity index (χ0v) is 10.2. The van der Waals surface area contributed by atoms with Gasteiger partial charge in [0.05, 0.1) is 0 Å². The number of halogens is 2. The zero-order chi connectivity index (χ0) is 10.8. The van der Waals surface area contributed by atoms with Crippen LogP contribution in [0.15, 0.2) is 22.7 Å². The molecule has 1 heterocycles. The first-order chi connectivity index (χ1) is 7.18. The second-order valence-electron chi connectivity index (χ2n) is 3.87. The van der Waals surface area contributed by atoms with Crippen molar-refractivity contribution in [3.05, 3.63) is 34.1 Å². The third-order valence-corrected chi connectivity index (χ3v) is 3.33. The fourth-order valence-electron chi connectivity index (χ4n) is 1.93. The standard InChI is InChI=1S/C11H14BrFN2/c1-15-5-4-14-7-11(15)9-3-2-8(12)6-10(9)13/h2-3,6,11,14H,4-5,7H2,1H3. The van der Waals surface area contributed by atoms with E-state index >= 15 is 0 Å². The summed E-state index contributed by atoms with van der Waals surface area (Å²) in [5, 5.41) is 3.29. The molecule has 1 atom stereocenters. The Morgan fingerprint density at radius 3 is 3.00 bits per heavy atom. The van der Waals surface area contributed by atoms with Crippen molar-refractivity contribution in [1.82, 2.24) is 10.2 Å². The molecule has 2 nitrogen and oxygen atoms in total. The highest BCUT2D eigenvalue weighted by Crippen LogP contribution is 2.25. The molecule has 1 aliphatic heterocycles. The van der Waals surface area contributed by atoms with Crippen molar-refractivity contribution in [2.75, 3.05) is 26.7 Å². The van der Waals surface area contributed by atoms with Gasteiger partial charge >= 0.3 is 0 Å². The fourth-order valence-corrected chi connectivity index (χ4v) is 2.26. The van der Waals surface area contributed by atoms with E-state index in [1.54, 1.807) is 0 Å². The predicted octanol–water partition coefficient (Wildman–Crippen LogP) is 2.16. The summed E-state index contributed by atoms with van der Waals surface area (Å²) >= 11 is 3.27. The van der Waals surface area contributed by atoms with Gasteiger partial charge in [-0.2, -0.15) is 0 Å². The Hall–Kier alpha value is -0.450. The van der Waals surface area contributed by atoms with Crippen LogP contribution < -0.4 is 5.32 Å². The molecule has 1 N–H and O–H groups in total. The van der Waals surface area contributed by atoms with E-state index in [-0.39, 0.29) is 11.9 Å². The molecule has 1 aromatic carbocycles. The van der Waals surface area contributed by atoms with Crippen LogP contribution in [0.5, 0.6) is 0 Å². The molecule has 0 amide bonds. The lowest BCUT2D eigenvalue weighted by Crippen LogP contribution is -2.44. The summed E-state index contributed by atoms with van der Waals surface area (Å²) in [5.41, 5.74) is 0.771. The van der Waals surface area contributed by atoms with Crippen molar-refractivity contribution in [2.45, 2.75) is 6.04 Å². The van der Waals surface area contributed by atoms with Gasteiger partial charge in [-0.05, 0) is 19.2 Å². The monoisotopic (exact) mass is 272 g/mol. The summed E-state index contributed by atoms with van der Waals surface area (Å²) in [6.45, 7) is 2.75. The Balaban J connectivity index is 2.27. The molecule has 0 spiro atoms. The first kappa shape index (κ1) is 11.0. The van der Waals surface area contributed by atoms with Crippen LogP contribution in [-0.2, 0) is 0 Å². The molecule has 0 radical (unpaired) electrons. The predicted molar refractivity (Wildman–Crippen MR) is 62.3 cm³/mol. The second kappa shape index (κ2) is 4.60. The lowest BCUT2D eigenvalue weighted by Gasteiger charge is -2.33. The average Bonchev–Trinajstić information content (AvgIpc) is 2.20. The van der Waals surface area contributed by atoms with E-state index in [0.717, 1.165) is 29.7 Å². The summed E-state index contributed by atoms with van der Waals surface area (Å²) < 4.78 is 14.5. The van der Waals surface area contributed by atoms with E-state index in [9.17, 15) is 4.39 Å². The van der Waals surface area contributed by atoms with Gasteiger partial charge in [-0.1, -0.05) is 22.0 Å². The van der Waals surface area contributed by atoms with E-state index in [2.05, 4.69) is 26.1 Å². The molecule has 1 fully saturated rings. The normalized spacial score (nSPS) is 23.0. The highest BCUT2D eigenvalue weighted by molar-refractivity contribution is 9.10. The van der Waals surface area contributed by atoms with Crippen LogP contribution in [-0.4, -0.2) is 31.6 Å². The fraction of sp³-hybridized carbons (Fsp3) is 0.455. The van der Waals surface area contributed by atoms with Crippen LogP contribution in [0.2, 0.25) is 0 Å². The SMILES string of the molecule is CN1CCNCC1c1ccc(Br)cc1F. The quantitative estimate of drug-likeness (QED) is 0.843. The van der Waals surface area contributed by atoms with E-state index in [1.165, 1.54) is 6.07 Å². The van der Waals surface area contributed by atoms with Gasteiger partial charge in [0.1, 0.15) is 5.82 Å². The Kier molecular flexibility index (Phi) is 3.38. The number of piperazine rings is 1. The third-order valence-electron chi connectivity index (χ3n) is 2.83. The topological polar surface area (TPSA) is 15.3 Å². The lowest BCUT2D eigenvalue weighted by molar-refractivity contribution is 0.198. The average molecular weight is 273 g/mol. The van der Waals surface area contributed by atoms with Gasteiger partial charge < -0.3 is 5.32 Å². The molecule has 15 heavy (non-hydrogen) atoms. The Labute approximate surface area is 97.6 Å². The van der Waals surface area contributed by atoms with Gasteiger partial charge in [-0.15, -0.1) is 0 Å². The van der Waals surface area contributed by atoms with Gasteiger partial charge in [-0.25, -0.2) is 4.39 Å². The maximum atomic E-state index is 13.7. The van der Waals surface area contributed by atoms with Crippen LogP contribution in [0.1, 0.15) is 11.6 Å². The van der Waals surface area contributed by atoms with Gasteiger partial charge in [0.2, 0.25) is 0 Å². The minimum atomic E-state index is -0.134. The number of likely N-dealkylation sites (N-methyl/N-ethyl adjacent to an activating group) is 1. The van der Waals surface area contributed by atoms with E-state index in [4.69, 9.17) is 0 Å². The summed E-state index contributed by atoms with van der Waals surface area (Å²) in [4.78, 5) is 2.18. The lowest BCUT2D eigenvalue weighted by atomic mass is 10.0. The number of nitrogens with one attached hydrogen (secondary N) is 1. The van der Waals surface area contributed by atoms with Gasteiger partial charge in [0, 0.05) is 35.7 Å². The maximum absolute atomic E-state index is 13.7. The van der Waals surface area contributed by atoms with E-state index in [0.29, 0.717) is 0 Å². The molecule has 1 aromatic rings. The van der Waals surface area contributed by atoms with Crippen molar-refractivity contribution in [2.24, 2.45) is 0 Å². The molecule has 0 saturated carbocycles. The van der Waals surface area contributed by atoms with Crippen LogP contribution in [0.3, 0.4) is 0 Å². The van der Waals surface area contributed by atoms with Crippen molar-refractivity contribution in [1.29, 1.82) is 0 Å². The largest absolute Gasteiger partial charge is 0.314 e. The molecule has 0 bridgehead atoms. The van der Waals surface area contributed by atoms with E-state index < -0.39 is 0 Å². The number of hydrogen-bond donors (Lipinski definition) is 1. The Morgan fingerprint density at radius 2 is 2.33 bits per heavy atom. The molecule has 0 aliphatic carbocycles. The smallest absolute Gasteiger partial charge is 0.129 e. The van der Waals surface area contributed by atoms with Crippen molar-refractivity contribution < 1.29 is 4.39 Å². The first-order valence-corrected chi connectivity index (χ1v) is 5.83. The molecule has 1 unspecified atom stereocenters. The zero-order valence-electron chi connectivity index (χ0n) is 8.63. The number of hydrogen-bond acceptors (Lipinski definition) is 2. The summed E-state index contributed by atoms with van der Waals surface area (Å²) in [7, 11) is 2.03. The van der Waals surface area contributed by atoms with Crippen LogP contribution in [0.25, 0.3) is 0 Å². The minimum absolute atomic E-state index is 0.134. The molecule has 2 rings (SSSR count). The number of rotatable bonds is 1. The van der Waals surface area contributed by atoms with Crippen molar-refractivity contribution in [3.63, 3.8) is 0 Å². The Bertz CT molecular complexity index is 356. The van der Waals surface area contributed by atoms with Crippen LogP contribution >= 0.6 is 15.9 Å².